The summed E-state index contributed by atoms with van der Waals surface area (Å²) in [5.74, 6) is -0.500. The molecule has 0 saturated heterocycles. The molecule has 2 nitrogen and oxygen atoms in total. The zero-order valence-corrected chi connectivity index (χ0v) is 10.6. The molecular weight excluding hydrogens is 272 g/mol. The van der Waals surface area contributed by atoms with Crippen LogP contribution in [0.1, 0.15) is 22.7 Å². The second kappa shape index (κ2) is 5.58. The first-order valence-electron chi connectivity index (χ1n) is 5.87. The smallest absolute Gasteiger partial charge is 0.309 e. The third-order valence-electron chi connectivity index (χ3n) is 2.94. The fraction of sp³-hybridized carbons (Fsp3) is 0.214. The number of halogens is 4. The molecule has 1 atom stereocenters. The SMILES string of the molecule is CNC(c1cccc(F)c1)c1cnccc1C(F)(F)F. The van der Waals surface area contributed by atoms with E-state index in [9.17, 15) is 17.6 Å². The minimum absolute atomic E-state index is 0.0342. The van der Waals surface area contributed by atoms with E-state index in [0.717, 1.165) is 18.5 Å². The summed E-state index contributed by atoms with van der Waals surface area (Å²) < 4.78 is 52.3. The zero-order chi connectivity index (χ0) is 14.8. The molecule has 1 N–H and O–H groups in total. The predicted molar refractivity (Wildman–Crippen MR) is 66.5 cm³/mol. The summed E-state index contributed by atoms with van der Waals surface area (Å²) in [6, 6.07) is 5.60. The van der Waals surface area contributed by atoms with Gasteiger partial charge in [-0.05, 0) is 30.8 Å². The van der Waals surface area contributed by atoms with Crippen molar-refractivity contribution in [2.24, 2.45) is 0 Å². The van der Waals surface area contributed by atoms with Gasteiger partial charge in [0.25, 0.3) is 0 Å². The second-order valence-corrected chi connectivity index (χ2v) is 4.24. The lowest BCUT2D eigenvalue weighted by Crippen LogP contribution is -2.22. The molecule has 106 valence electrons. The van der Waals surface area contributed by atoms with Crippen molar-refractivity contribution in [3.63, 3.8) is 0 Å². The number of hydrogen-bond acceptors (Lipinski definition) is 2. The van der Waals surface area contributed by atoms with E-state index in [-0.39, 0.29) is 5.56 Å². The maximum Gasteiger partial charge on any atom is 0.416 e. The van der Waals surface area contributed by atoms with Gasteiger partial charge >= 0.3 is 6.18 Å². The highest BCUT2D eigenvalue weighted by molar-refractivity contribution is 5.37. The van der Waals surface area contributed by atoms with Crippen LogP contribution >= 0.6 is 0 Å². The highest BCUT2D eigenvalue weighted by Crippen LogP contribution is 2.35. The molecule has 0 fully saturated rings. The van der Waals surface area contributed by atoms with Crippen LogP contribution in [0.3, 0.4) is 0 Å². The number of nitrogens with one attached hydrogen (secondary N) is 1. The van der Waals surface area contributed by atoms with Crippen molar-refractivity contribution < 1.29 is 17.6 Å². The van der Waals surface area contributed by atoms with Crippen LogP contribution in [0.15, 0.2) is 42.7 Å². The first-order chi connectivity index (χ1) is 9.43. The number of rotatable bonds is 3. The lowest BCUT2D eigenvalue weighted by Gasteiger charge is -2.21. The molecule has 0 spiro atoms. The van der Waals surface area contributed by atoms with E-state index in [2.05, 4.69) is 10.3 Å². The largest absolute Gasteiger partial charge is 0.416 e. The Labute approximate surface area is 113 Å². The highest BCUT2D eigenvalue weighted by atomic mass is 19.4. The first kappa shape index (κ1) is 14.5. The van der Waals surface area contributed by atoms with Crippen LogP contribution in [0, 0.1) is 5.82 Å². The van der Waals surface area contributed by atoms with Crippen molar-refractivity contribution in [1.29, 1.82) is 0 Å². The van der Waals surface area contributed by atoms with Crippen molar-refractivity contribution in [1.82, 2.24) is 10.3 Å². The molecule has 0 amide bonds. The molecule has 0 aliphatic carbocycles. The van der Waals surface area contributed by atoms with E-state index in [4.69, 9.17) is 0 Å². The molecule has 0 radical (unpaired) electrons. The van der Waals surface area contributed by atoms with Crippen molar-refractivity contribution in [2.75, 3.05) is 7.05 Å². The Morgan fingerprint density at radius 1 is 1.20 bits per heavy atom. The number of nitrogens with zero attached hydrogens (tertiary/aromatic N) is 1. The average Bonchev–Trinajstić information content (AvgIpc) is 2.39. The van der Waals surface area contributed by atoms with Gasteiger partial charge in [-0.3, -0.25) is 4.98 Å². The third kappa shape index (κ3) is 2.96. The van der Waals surface area contributed by atoms with Crippen LogP contribution in [0.25, 0.3) is 0 Å². The Morgan fingerprint density at radius 2 is 1.95 bits per heavy atom. The van der Waals surface area contributed by atoms with Gasteiger partial charge in [-0.1, -0.05) is 12.1 Å². The Bertz CT molecular complexity index is 596. The summed E-state index contributed by atoms with van der Waals surface area (Å²) in [6.45, 7) is 0. The van der Waals surface area contributed by atoms with Gasteiger partial charge in [-0.15, -0.1) is 0 Å². The molecule has 1 unspecified atom stereocenters. The van der Waals surface area contributed by atoms with Crippen LogP contribution in [-0.4, -0.2) is 12.0 Å². The van der Waals surface area contributed by atoms with Crippen molar-refractivity contribution in [2.45, 2.75) is 12.2 Å². The van der Waals surface area contributed by atoms with Gasteiger partial charge in [0, 0.05) is 18.0 Å². The van der Waals surface area contributed by atoms with Gasteiger partial charge in [0.1, 0.15) is 5.82 Å². The van der Waals surface area contributed by atoms with E-state index < -0.39 is 23.6 Å². The molecule has 1 aromatic heterocycles. The Morgan fingerprint density at radius 3 is 2.55 bits per heavy atom. The van der Waals surface area contributed by atoms with Crippen LogP contribution < -0.4 is 5.32 Å². The van der Waals surface area contributed by atoms with Crippen molar-refractivity contribution in [3.05, 3.63) is 65.2 Å². The fourth-order valence-electron chi connectivity index (χ4n) is 2.08. The maximum atomic E-state index is 13.2. The summed E-state index contributed by atoms with van der Waals surface area (Å²) in [5.41, 5.74) is -0.407. The number of aromatic nitrogens is 1. The summed E-state index contributed by atoms with van der Waals surface area (Å²) in [6.07, 6.45) is -2.25. The first-order valence-corrected chi connectivity index (χ1v) is 5.87. The third-order valence-corrected chi connectivity index (χ3v) is 2.94. The standard InChI is InChI=1S/C14H12F4N2/c1-19-13(9-3-2-4-10(15)7-9)11-8-20-6-5-12(11)14(16,17)18/h2-8,13,19H,1H3. The quantitative estimate of drug-likeness (QED) is 0.872. The number of hydrogen-bond donors (Lipinski definition) is 1. The molecule has 1 heterocycles. The van der Waals surface area contributed by atoms with Crippen LogP contribution in [-0.2, 0) is 6.18 Å². The van der Waals surface area contributed by atoms with Gasteiger partial charge in [-0.2, -0.15) is 13.2 Å². The van der Waals surface area contributed by atoms with Crippen molar-refractivity contribution in [3.8, 4) is 0 Å². The van der Waals surface area contributed by atoms with E-state index in [1.54, 1.807) is 6.07 Å². The fourth-order valence-corrected chi connectivity index (χ4v) is 2.08. The average molecular weight is 284 g/mol. The van der Waals surface area contributed by atoms with Crippen LogP contribution in [0.2, 0.25) is 0 Å². The van der Waals surface area contributed by atoms with Gasteiger partial charge in [-0.25, -0.2) is 4.39 Å². The van der Waals surface area contributed by atoms with E-state index in [0.29, 0.717) is 5.56 Å². The lowest BCUT2D eigenvalue weighted by molar-refractivity contribution is -0.138. The molecule has 6 heteroatoms. The summed E-state index contributed by atoms with van der Waals surface area (Å²) in [7, 11) is 1.52. The Hall–Kier alpha value is -1.95. The number of alkyl halides is 3. The Balaban J connectivity index is 2.53. The summed E-state index contributed by atoms with van der Waals surface area (Å²) >= 11 is 0. The van der Waals surface area contributed by atoms with E-state index >= 15 is 0 Å². The minimum atomic E-state index is -4.49. The molecule has 2 rings (SSSR count). The molecule has 0 aliphatic rings. The topological polar surface area (TPSA) is 24.9 Å². The number of benzene rings is 1. The molecule has 20 heavy (non-hydrogen) atoms. The molecule has 0 saturated carbocycles. The summed E-state index contributed by atoms with van der Waals surface area (Å²) in [5, 5.41) is 2.77. The van der Waals surface area contributed by atoms with Crippen LogP contribution in [0.5, 0.6) is 0 Å². The highest BCUT2D eigenvalue weighted by Gasteiger charge is 2.35. The minimum Gasteiger partial charge on any atom is -0.309 e. The van der Waals surface area contributed by atoms with Gasteiger partial charge in [0.2, 0.25) is 0 Å². The monoisotopic (exact) mass is 284 g/mol. The predicted octanol–water partition coefficient (Wildman–Crippen LogP) is 3.55. The molecular formula is C14H12F4N2. The Kier molecular flexibility index (Phi) is 4.04. The molecule has 2 aromatic rings. The second-order valence-electron chi connectivity index (χ2n) is 4.24. The lowest BCUT2D eigenvalue weighted by atomic mass is 9.96. The summed E-state index contributed by atoms with van der Waals surface area (Å²) in [4.78, 5) is 3.74. The van der Waals surface area contributed by atoms with E-state index in [1.165, 1.54) is 25.2 Å². The normalized spacial score (nSPS) is 13.2. The molecule has 0 bridgehead atoms. The van der Waals surface area contributed by atoms with Gasteiger partial charge in [0.05, 0.1) is 11.6 Å². The molecule has 1 aromatic carbocycles. The van der Waals surface area contributed by atoms with Crippen LogP contribution in [0.4, 0.5) is 17.6 Å². The zero-order valence-electron chi connectivity index (χ0n) is 10.6. The van der Waals surface area contributed by atoms with E-state index in [1.807, 2.05) is 0 Å². The molecule has 0 aliphatic heterocycles. The maximum absolute atomic E-state index is 13.2. The van der Waals surface area contributed by atoms with Gasteiger partial charge < -0.3 is 5.32 Å². The van der Waals surface area contributed by atoms with Crippen molar-refractivity contribution >= 4 is 0 Å². The number of pyridine rings is 1. The van der Waals surface area contributed by atoms with Gasteiger partial charge in [0.15, 0.2) is 0 Å².